The summed E-state index contributed by atoms with van der Waals surface area (Å²) in [6.45, 7) is 6.89. The second-order valence-corrected chi connectivity index (χ2v) is 13.7. The van der Waals surface area contributed by atoms with Crippen molar-refractivity contribution in [1.82, 2.24) is 0 Å². The highest BCUT2D eigenvalue weighted by Gasteiger charge is 2.10. The molecule has 0 spiro atoms. The highest BCUT2D eigenvalue weighted by atomic mass is 16.3. The number of unbranched alkanes of at least 4 members (excludes halogenated alkanes) is 26. The van der Waals surface area contributed by atoms with Crippen molar-refractivity contribution in [3.63, 3.8) is 0 Å². The average Bonchev–Trinajstić information content (AvgIpc) is 2.99. The summed E-state index contributed by atoms with van der Waals surface area (Å²) in [5.41, 5.74) is 4.17. The van der Waals surface area contributed by atoms with Crippen LogP contribution in [-0.4, -0.2) is 5.11 Å². The quantitative estimate of drug-likeness (QED) is 0.0835. The lowest BCUT2D eigenvalue weighted by Gasteiger charge is -2.14. The molecule has 1 aromatic carbocycles. The van der Waals surface area contributed by atoms with Gasteiger partial charge in [-0.15, -0.1) is 0 Å². The van der Waals surface area contributed by atoms with Crippen molar-refractivity contribution in [2.45, 2.75) is 226 Å². The molecule has 0 fully saturated rings. The highest BCUT2D eigenvalue weighted by molar-refractivity contribution is 5.42. The van der Waals surface area contributed by atoms with E-state index in [-0.39, 0.29) is 0 Å². The minimum Gasteiger partial charge on any atom is -0.508 e. The smallest absolute Gasteiger partial charge is 0.119 e. The maximum Gasteiger partial charge on any atom is 0.119 e. The van der Waals surface area contributed by atoms with E-state index in [9.17, 15) is 5.11 Å². The molecule has 0 saturated heterocycles. The van der Waals surface area contributed by atoms with Gasteiger partial charge in [0.25, 0.3) is 0 Å². The minimum absolute atomic E-state index is 0.567. The lowest BCUT2D eigenvalue weighted by Crippen LogP contribution is -1.99. The SMILES string of the molecule is CCCCCCCCCCCCCCCc1cc(CCCCC)c(CCCCCCCCCCCCCCC)cc1O. The Bertz CT molecular complexity index is 692. The van der Waals surface area contributed by atoms with Crippen molar-refractivity contribution in [1.29, 1.82) is 0 Å². The first-order valence-corrected chi connectivity index (χ1v) is 19.6. The second kappa shape index (κ2) is 30.1. The van der Waals surface area contributed by atoms with E-state index in [1.54, 1.807) is 0 Å². The maximum absolute atomic E-state index is 10.9. The molecule has 1 rings (SSSR count). The van der Waals surface area contributed by atoms with Gasteiger partial charge in [0.1, 0.15) is 5.75 Å². The molecule has 0 heterocycles. The zero-order chi connectivity index (χ0) is 30.4. The molecule has 0 unspecified atom stereocenters. The predicted molar refractivity (Wildman–Crippen MR) is 190 cm³/mol. The van der Waals surface area contributed by atoms with Gasteiger partial charge >= 0.3 is 0 Å². The number of phenols is 1. The van der Waals surface area contributed by atoms with Crippen LogP contribution in [0.4, 0.5) is 0 Å². The number of phenolic OH excluding ortho intramolecular Hbond substituents is 1. The largest absolute Gasteiger partial charge is 0.508 e. The van der Waals surface area contributed by atoms with E-state index in [1.807, 2.05) is 0 Å². The molecule has 0 aliphatic heterocycles. The normalized spacial score (nSPS) is 11.5. The number of aromatic hydroxyl groups is 1. The molecule has 0 radical (unpaired) electrons. The van der Waals surface area contributed by atoms with Gasteiger partial charge in [-0.2, -0.15) is 0 Å². The highest BCUT2D eigenvalue weighted by Crippen LogP contribution is 2.28. The monoisotopic (exact) mass is 585 g/mol. The molecular formula is C41H76O. The molecule has 0 atom stereocenters. The van der Waals surface area contributed by atoms with Crippen molar-refractivity contribution in [2.75, 3.05) is 0 Å². The lowest BCUT2D eigenvalue weighted by atomic mass is 9.92. The van der Waals surface area contributed by atoms with Crippen LogP contribution in [0.1, 0.15) is 224 Å². The first kappa shape index (κ1) is 39.0. The van der Waals surface area contributed by atoms with Crippen LogP contribution < -0.4 is 0 Å². The summed E-state index contributed by atoms with van der Waals surface area (Å²) in [5, 5.41) is 10.9. The van der Waals surface area contributed by atoms with E-state index in [1.165, 1.54) is 209 Å². The summed E-state index contributed by atoms with van der Waals surface area (Å²) >= 11 is 0. The Morgan fingerprint density at radius 1 is 0.310 bits per heavy atom. The molecule has 0 aliphatic rings. The van der Waals surface area contributed by atoms with Crippen molar-refractivity contribution in [3.8, 4) is 5.75 Å². The van der Waals surface area contributed by atoms with E-state index < -0.39 is 0 Å². The zero-order valence-corrected chi connectivity index (χ0v) is 29.2. The average molecular weight is 585 g/mol. The summed E-state index contributed by atoms with van der Waals surface area (Å²) < 4.78 is 0. The van der Waals surface area contributed by atoms with Crippen LogP contribution in [-0.2, 0) is 19.3 Å². The van der Waals surface area contributed by atoms with Crippen LogP contribution in [0.5, 0.6) is 5.75 Å². The van der Waals surface area contributed by atoms with Gasteiger partial charge in [-0.3, -0.25) is 0 Å². The summed E-state index contributed by atoms with van der Waals surface area (Å²) in [7, 11) is 0. The van der Waals surface area contributed by atoms with Gasteiger partial charge < -0.3 is 5.11 Å². The van der Waals surface area contributed by atoms with E-state index in [0.717, 1.165) is 12.8 Å². The van der Waals surface area contributed by atoms with Gasteiger partial charge in [-0.25, -0.2) is 0 Å². The van der Waals surface area contributed by atoms with Crippen LogP contribution >= 0.6 is 0 Å². The third-order valence-electron chi connectivity index (χ3n) is 9.55. The Morgan fingerprint density at radius 2 is 0.548 bits per heavy atom. The van der Waals surface area contributed by atoms with E-state index in [0.29, 0.717) is 5.75 Å². The van der Waals surface area contributed by atoms with Gasteiger partial charge in [-0.05, 0) is 61.3 Å². The Balaban J connectivity index is 2.24. The van der Waals surface area contributed by atoms with Crippen LogP contribution in [0, 0.1) is 0 Å². The minimum atomic E-state index is 0.567. The molecule has 0 saturated carbocycles. The van der Waals surface area contributed by atoms with Crippen molar-refractivity contribution < 1.29 is 5.11 Å². The zero-order valence-electron chi connectivity index (χ0n) is 29.2. The van der Waals surface area contributed by atoms with Crippen molar-refractivity contribution >= 4 is 0 Å². The number of rotatable bonds is 32. The second-order valence-electron chi connectivity index (χ2n) is 13.7. The molecule has 42 heavy (non-hydrogen) atoms. The van der Waals surface area contributed by atoms with E-state index >= 15 is 0 Å². The Kier molecular flexibility index (Phi) is 27.9. The molecule has 1 nitrogen and oxygen atoms in total. The number of hydrogen-bond donors (Lipinski definition) is 1. The predicted octanol–water partition coefficient (Wildman–Crippen LogP) is 14.4. The molecule has 0 aliphatic carbocycles. The summed E-state index contributed by atoms with van der Waals surface area (Å²) in [5.74, 6) is 0.567. The van der Waals surface area contributed by atoms with Gasteiger partial charge in [0.2, 0.25) is 0 Å². The standard InChI is InChI=1S/C41H76O/c1-4-7-10-12-14-16-18-20-22-24-26-28-31-34-39-37-41(42)40(36-38(39)33-30-9-6-3)35-32-29-27-25-23-21-19-17-15-13-11-8-5-2/h36-37,42H,4-35H2,1-3H3. The molecule has 1 aromatic rings. The summed E-state index contributed by atoms with van der Waals surface area (Å²) in [6.07, 6.45) is 43.6. The fourth-order valence-electron chi connectivity index (χ4n) is 6.62. The Labute approximate surface area is 265 Å². The van der Waals surface area contributed by atoms with Crippen LogP contribution in [0.15, 0.2) is 12.1 Å². The van der Waals surface area contributed by atoms with Gasteiger partial charge in [0, 0.05) is 0 Å². The van der Waals surface area contributed by atoms with E-state index in [2.05, 4.69) is 32.9 Å². The number of benzene rings is 1. The molecule has 246 valence electrons. The summed E-state index contributed by atoms with van der Waals surface area (Å²) in [4.78, 5) is 0. The molecule has 0 bridgehead atoms. The molecule has 1 N–H and O–H groups in total. The number of aryl methyl sites for hydroxylation is 3. The Morgan fingerprint density at radius 3 is 0.905 bits per heavy atom. The third-order valence-corrected chi connectivity index (χ3v) is 9.55. The first-order chi connectivity index (χ1) is 20.7. The molecule has 1 heteroatoms. The van der Waals surface area contributed by atoms with E-state index in [4.69, 9.17) is 0 Å². The van der Waals surface area contributed by atoms with Crippen molar-refractivity contribution in [2.24, 2.45) is 0 Å². The van der Waals surface area contributed by atoms with Crippen molar-refractivity contribution in [3.05, 3.63) is 28.8 Å². The van der Waals surface area contributed by atoms with Gasteiger partial charge in [0.15, 0.2) is 0 Å². The third kappa shape index (κ3) is 22.5. The fraction of sp³-hybridized carbons (Fsp3) is 0.854. The first-order valence-electron chi connectivity index (χ1n) is 19.6. The van der Waals surface area contributed by atoms with Crippen LogP contribution in [0.2, 0.25) is 0 Å². The number of hydrogen-bond acceptors (Lipinski definition) is 1. The Hall–Kier alpha value is -0.980. The van der Waals surface area contributed by atoms with Gasteiger partial charge in [0.05, 0.1) is 0 Å². The topological polar surface area (TPSA) is 20.2 Å². The maximum atomic E-state index is 10.9. The molecule has 0 amide bonds. The van der Waals surface area contributed by atoms with Crippen LogP contribution in [0.25, 0.3) is 0 Å². The fourth-order valence-corrected chi connectivity index (χ4v) is 6.62. The van der Waals surface area contributed by atoms with Crippen LogP contribution in [0.3, 0.4) is 0 Å². The lowest BCUT2D eigenvalue weighted by molar-refractivity contribution is 0.464. The van der Waals surface area contributed by atoms with Gasteiger partial charge in [-0.1, -0.05) is 194 Å². The summed E-state index contributed by atoms with van der Waals surface area (Å²) in [6, 6.07) is 4.54. The molecular weight excluding hydrogens is 508 g/mol. The molecule has 0 aromatic heterocycles.